The largest absolute Gasteiger partial charge is 0.472 e. The van der Waals surface area contributed by atoms with Gasteiger partial charge in [0, 0.05) is 25.7 Å². The summed E-state index contributed by atoms with van der Waals surface area (Å²) in [6.07, 6.45) is 50.1. The Labute approximate surface area is 556 Å². The van der Waals surface area contributed by atoms with Gasteiger partial charge in [-0.3, -0.25) is 37.3 Å². The van der Waals surface area contributed by atoms with E-state index in [0.29, 0.717) is 25.7 Å². The summed E-state index contributed by atoms with van der Waals surface area (Å²) in [6, 6.07) is 0. The fourth-order valence-electron chi connectivity index (χ4n) is 10.9. The van der Waals surface area contributed by atoms with E-state index >= 15 is 0 Å². The van der Waals surface area contributed by atoms with Crippen molar-refractivity contribution in [1.82, 2.24) is 0 Å². The van der Waals surface area contributed by atoms with Gasteiger partial charge in [-0.15, -0.1) is 0 Å². The lowest BCUT2D eigenvalue weighted by Crippen LogP contribution is -2.30. The molecule has 0 radical (unpaired) electrons. The quantitative estimate of drug-likeness (QED) is 0.0222. The van der Waals surface area contributed by atoms with Gasteiger partial charge in [-0.25, -0.2) is 9.13 Å². The van der Waals surface area contributed by atoms with Gasteiger partial charge in [0.15, 0.2) is 12.2 Å². The van der Waals surface area contributed by atoms with Gasteiger partial charge < -0.3 is 33.8 Å². The first kappa shape index (κ1) is 89.1. The average molecular weight is 1340 g/mol. The predicted molar refractivity (Wildman–Crippen MR) is 368 cm³/mol. The van der Waals surface area contributed by atoms with E-state index in [0.717, 1.165) is 115 Å². The summed E-state index contributed by atoms with van der Waals surface area (Å²) in [4.78, 5) is 72.5. The number of rotatable bonds is 71. The highest BCUT2D eigenvalue weighted by molar-refractivity contribution is 7.47. The van der Waals surface area contributed by atoms with E-state index in [2.05, 4.69) is 41.5 Å². The molecule has 0 aliphatic heterocycles. The second kappa shape index (κ2) is 64.1. The number of carbonyl (C=O) groups excluding carboxylic acids is 4. The number of ether oxygens (including phenoxy) is 4. The number of esters is 4. The lowest BCUT2D eigenvalue weighted by molar-refractivity contribution is -0.161. The Hall–Kier alpha value is -1.94. The van der Waals surface area contributed by atoms with E-state index in [1.54, 1.807) is 0 Å². The van der Waals surface area contributed by atoms with Crippen LogP contribution in [0, 0.1) is 11.8 Å². The van der Waals surface area contributed by atoms with Crippen molar-refractivity contribution in [2.24, 2.45) is 11.8 Å². The molecule has 0 aromatic carbocycles. The molecule has 5 atom stereocenters. The zero-order valence-electron chi connectivity index (χ0n) is 59.1. The van der Waals surface area contributed by atoms with E-state index in [-0.39, 0.29) is 25.7 Å². The molecule has 0 bridgehead atoms. The van der Waals surface area contributed by atoms with Crippen LogP contribution in [0.3, 0.4) is 0 Å². The molecule has 0 aliphatic carbocycles. The molecule has 0 saturated carbocycles. The first-order valence-electron chi connectivity index (χ1n) is 37.5. The van der Waals surface area contributed by atoms with E-state index in [9.17, 15) is 43.2 Å². The molecule has 91 heavy (non-hydrogen) atoms. The summed E-state index contributed by atoms with van der Waals surface area (Å²) in [5, 5.41) is 10.6. The molecule has 0 spiro atoms. The minimum Gasteiger partial charge on any atom is -0.462 e. The molecule has 0 rings (SSSR count). The maximum absolute atomic E-state index is 13.0. The predicted octanol–water partition coefficient (Wildman–Crippen LogP) is 20.8. The van der Waals surface area contributed by atoms with Crippen molar-refractivity contribution in [3.8, 4) is 0 Å². The van der Waals surface area contributed by atoms with Crippen molar-refractivity contribution in [2.45, 2.75) is 387 Å². The van der Waals surface area contributed by atoms with Crippen LogP contribution in [0.25, 0.3) is 0 Å². The summed E-state index contributed by atoms with van der Waals surface area (Å²) in [7, 11) is -9.90. The van der Waals surface area contributed by atoms with Crippen molar-refractivity contribution in [1.29, 1.82) is 0 Å². The van der Waals surface area contributed by atoms with Crippen molar-refractivity contribution in [2.75, 3.05) is 39.6 Å². The number of hydrogen-bond donors (Lipinski definition) is 3. The van der Waals surface area contributed by atoms with Crippen LogP contribution < -0.4 is 0 Å². The lowest BCUT2D eigenvalue weighted by atomic mass is 10.0. The van der Waals surface area contributed by atoms with Gasteiger partial charge in [0.1, 0.15) is 19.3 Å². The number of aliphatic hydroxyl groups excluding tert-OH is 1. The summed E-state index contributed by atoms with van der Waals surface area (Å²) < 4.78 is 68.3. The van der Waals surface area contributed by atoms with E-state index < -0.39 is 97.5 Å². The third kappa shape index (κ3) is 66.5. The fraction of sp³-hybridized carbons (Fsp3) is 0.944. The summed E-state index contributed by atoms with van der Waals surface area (Å²) in [5.41, 5.74) is 0. The third-order valence-corrected chi connectivity index (χ3v) is 18.6. The highest BCUT2D eigenvalue weighted by Gasteiger charge is 2.30. The van der Waals surface area contributed by atoms with Crippen LogP contribution in [-0.2, 0) is 65.4 Å². The maximum atomic E-state index is 13.0. The van der Waals surface area contributed by atoms with E-state index in [1.165, 1.54) is 173 Å². The van der Waals surface area contributed by atoms with Gasteiger partial charge in [-0.1, -0.05) is 318 Å². The molecule has 540 valence electrons. The Kier molecular flexibility index (Phi) is 62.7. The molecule has 2 unspecified atom stereocenters. The second-order valence-electron chi connectivity index (χ2n) is 26.9. The number of phosphoric ester groups is 2. The minimum atomic E-state index is -4.95. The van der Waals surface area contributed by atoms with Crippen molar-refractivity contribution in [3.63, 3.8) is 0 Å². The molecular formula is C72H140O17P2. The Morgan fingerprint density at radius 1 is 0.297 bits per heavy atom. The Morgan fingerprint density at radius 2 is 0.505 bits per heavy atom. The zero-order valence-corrected chi connectivity index (χ0v) is 60.9. The molecule has 0 aromatic rings. The molecule has 0 fully saturated rings. The zero-order chi connectivity index (χ0) is 67.2. The highest BCUT2D eigenvalue weighted by atomic mass is 31.2. The first-order chi connectivity index (χ1) is 43.9. The molecular weight excluding hydrogens is 1200 g/mol. The smallest absolute Gasteiger partial charge is 0.462 e. The van der Waals surface area contributed by atoms with Crippen LogP contribution in [0.5, 0.6) is 0 Å². The SMILES string of the molecule is CCCCCCCCCCCCCCCCCCCC(=O)O[C@H](COC(=O)CCCCCCCCCCCCCCCC(C)C)COP(=O)(O)OC[C@@H](O)COP(=O)(O)OC[C@@H](COC(=O)CCCCCCCCC)OC(=O)CCCCCCCCCCC(C)C. The second-order valence-corrected chi connectivity index (χ2v) is 29.8. The highest BCUT2D eigenvalue weighted by Crippen LogP contribution is 2.45. The van der Waals surface area contributed by atoms with Crippen LogP contribution in [0.15, 0.2) is 0 Å². The van der Waals surface area contributed by atoms with Crippen LogP contribution in [0.2, 0.25) is 0 Å². The molecule has 0 saturated heterocycles. The van der Waals surface area contributed by atoms with E-state index in [4.69, 9.17) is 37.0 Å². The van der Waals surface area contributed by atoms with Crippen LogP contribution in [0.4, 0.5) is 0 Å². The third-order valence-electron chi connectivity index (χ3n) is 16.7. The van der Waals surface area contributed by atoms with E-state index in [1.807, 2.05) is 0 Å². The van der Waals surface area contributed by atoms with Gasteiger partial charge in [0.05, 0.1) is 26.4 Å². The maximum Gasteiger partial charge on any atom is 0.472 e. The molecule has 0 aliphatic rings. The normalized spacial score (nSPS) is 14.1. The summed E-state index contributed by atoms with van der Waals surface area (Å²) in [6.45, 7) is 9.50. The first-order valence-corrected chi connectivity index (χ1v) is 40.5. The molecule has 0 heterocycles. The number of aliphatic hydroxyl groups is 1. The summed E-state index contributed by atoms with van der Waals surface area (Å²) >= 11 is 0. The molecule has 0 aromatic heterocycles. The molecule has 17 nitrogen and oxygen atoms in total. The van der Waals surface area contributed by atoms with Crippen molar-refractivity contribution in [3.05, 3.63) is 0 Å². The molecule has 3 N–H and O–H groups in total. The van der Waals surface area contributed by atoms with Gasteiger partial charge in [-0.2, -0.15) is 0 Å². The summed E-state index contributed by atoms with van der Waals surface area (Å²) in [5.74, 6) is -0.617. The topological polar surface area (TPSA) is 237 Å². The number of unbranched alkanes of at least 4 members (excludes halogenated alkanes) is 41. The monoisotopic (exact) mass is 1340 g/mol. The van der Waals surface area contributed by atoms with Crippen molar-refractivity contribution < 1.29 is 80.2 Å². The number of phosphoric acid groups is 2. The van der Waals surface area contributed by atoms with Gasteiger partial charge >= 0.3 is 39.5 Å². The van der Waals surface area contributed by atoms with Gasteiger partial charge in [0.2, 0.25) is 0 Å². The van der Waals surface area contributed by atoms with Gasteiger partial charge in [0.25, 0.3) is 0 Å². The number of carbonyl (C=O) groups is 4. The van der Waals surface area contributed by atoms with Crippen molar-refractivity contribution >= 4 is 39.5 Å². The van der Waals surface area contributed by atoms with Gasteiger partial charge in [-0.05, 0) is 37.5 Å². The minimum absolute atomic E-state index is 0.104. The lowest BCUT2D eigenvalue weighted by Gasteiger charge is -2.21. The fourth-order valence-corrected chi connectivity index (χ4v) is 12.5. The molecule has 0 amide bonds. The standard InChI is InChI=1S/C72H140O17P2/c1-7-9-11-13-15-16-17-18-19-20-21-24-28-31-38-44-50-56-71(76)88-68(61-83-70(75)55-49-43-37-30-27-25-22-23-26-29-35-40-46-52-64(3)4)63-87-91(80,81)85-59-66(73)58-84-90(78,79)86-62-67(60-82-69(74)54-48-42-34-14-12-10-8-2)89-72(77)57-51-45-39-33-32-36-41-47-53-65(5)6/h64-68,73H,7-63H2,1-6H3,(H,78,79)(H,80,81)/t66-,67+,68+/m0/s1. The average Bonchev–Trinajstić information content (AvgIpc) is 2.64. The Bertz CT molecular complexity index is 1770. The Balaban J connectivity index is 5.20. The van der Waals surface area contributed by atoms with Crippen LogP contribution in [-0.4, -0.2) is 96.7 Å². The van der Waals surface area contributed by atoms with Crippen LogP contribution >= 0.6 is 15.6 Å². The Morgan fingerprint density at radius 3 is 0.747 bits per heavy atom. The molecule has 19 heteroatoms. The number of hydrogen-bond acceptors (Lipinski definition) is 15. The van der Waals surface area contributed by atoms with Crippen LogP contribution in [0.1, 0.15) is 369 Å².